The van der Waals surface area contributed by atoms with E-state index >= 15 is 0 Å². The van der Waals surface area contributed by atoms with Crippen LogP contribution in [0.3, 0.4) is 0 Å². The van der Waals surface area contributed by atoms with Crippen LogP contribution in [0, 0.1) is 6.92 Å². The van der Waals surface area contributed by atoms with Gasteiger partial charge in [0.2, 0.25) is 5.65 Å². The molecule has 1 aromatic carbocycles. The van der Waals surface area contributed by atoms with E-state index in [-0.39, 0.29) is 5.91 Å². The van der Waals surface area contributed by atoms with Gasteiger partial charge in [-0.15, -0.1) is 10.2 Å². The number of nitrogens with zero attached hydrogens (tertiary/aromatic N) is 5. The summed E-state index contributed by atoms with van der Waals surface area (Å²) in [6.07, 6.45) is 0. The molecule has 0 unspecified atom stereocenters. The zero-order valence-corrected chi connectivity index (χ0v) is 15.5. The highest BCUT2D eigenvalue weighted by atomic mass is 16.5. The largest absolute Gasteiger partial charge is 0.383 e. The third-order valence-corrected chi connectivity index (χ3v) is 4.39. The molecule has 0 radical (unpaired) electrons. The van der Waals surface area contributed by atoms with Crippen molar-refractivity contribution in [1.29, 1.82) is 0 Å². The van der Waals surface area contributed by atoms with Gasteiger partial charge < -0.3 is 18.9 Å². The van der Waals surface area contributed by atoms with Crippen LogP contribution < -0.4 is 0 Å². The highest BCUT2D eigenvalue weighted by molar-refractivity contribution is 6.05. The van der Waals surface area contributed by atoms with Crippen LogP contribution in [0.2, 0.25) is 0 Å². The predicted molar refractivity (Wildman–Crippen MR) is 98.3 cm³/mol. The summed E-state index contributed by atoms with van der Waals surface area (Å²) in [4.78, 5) is 18.8. The van der Waals surface area contributed by atoms with Crippen molar-refractivity contribution in [3.05, 3.63) is 29.6 Å². The number of hydrogen-bond acceptors (Lipinski definition) is 6. The standard InChI is InChI=1S/C18H23N5O3/c1-12-19-17-16(23(12)8-10-26-4)14-11-13(5-6-15(14)20-21-17)18(24)22(2)7-9-25-3/h5-6,11H,7-10H2,1-4H3. The van der Waals surface area contributed by atoms with Crippen molar-refractivity contribution in [3.8, 4) is 0 Å². The molecule has 2 heterocycles. The minimum Gasteiger partial charge on any atom is -0.383 e. The van der Waals surface area contributed by atoms with E-state index < -0.39 is 0 Å². The number of likely N-dealkylation sites (N-methyl/N-ethyl adjacent to an activating group) is 1. The van der Waals surface area contributed by atoms with Gasteiger partial charge in [-0.05, 0) is 25.1 Å². The Morgan fingerprint density at radius 3 is 2.69 bits per heavy atom. The van der Waals surface area contributed by atoms with Crippen molar-refractivity contribution in [2.24, 2.45) is 0 Å². The van der Waals surface area contributed by atoms with E-state index in [0.29, 0.717) is 37.5 Å². The first-order valence-electron chi connectivity index (χ1n) is 8.43. The van der Waals surface area contributed by atoms with Crippen LogP contribution >= 0.6 is 0 Å². The normalized spacial score (nSPS) is 11.4. The molecule has 0 saturated heterocycles. The number of ether oxygens (including phenoxy) is 2. The quantitative estimate of drug-likeness (QED) is 0.639. The number of fused-ring (bicyclic) bond motifs is 3. The summed E-state index contributed by atoms with van der Waals surface area (Å²) in [6, 6.07) is 5.46. The lowest BCUT2D eigenvalue weighted by atomic mass is 10.1. The topological polar surface area (TPSA) is 82.4 Å². The van der Waals surface area contributed by atoms with E-state index in [2.05, 4.69) is 19.7 Å². The summed E-state index contributed by atoms with van der Waals surface area (Å²) in [5.41, 5.74) is 2.77. The molecule has 0 fully saturated rings. The first kappa shape index (κ1) is 18.2. The van der Waals surface area contributed by atoms with E-state index in [0.717, 1.165) is 22.2 Å². The lowest BCUT2D eigenvalue weighted by Crippen LogP contribution is -2.29. The number of aryl methyl sites for hydroxylation is 1. The van der Waals surface area contributed by atoms with E-state index in [9.17, 15) is 4.79 Å². The molecule has 3 rings (SSSR count). The summed E-state index contributed by atoms with van der Waals surface area (Å²) < 4.78 is 12.3. The van der Waals surface area contributed by atoms with Gasteiger partial charge in [0, 0.05) is 45.3 Å². The van der Waals surface area contributed by atoms with Crippen molar-refractivity contribution in [2.45, 2.75) is 13.5 Å². The zero-order valence-electron chi connectivity index (χ0n) is 15.5. The molecule has 8 nitrogen and oxygen atoms in total. The highest BCUT2D eigenvalue weighted by Crippen LogP contribution is 2.24. The Labute approximate surface area is 151 Å². The van der Waals surface area contributed by atoms with E-state index in [1.54, 1.807) is 32.2 Å². The van der Waals surface area contributed by atoms with Gasteiger partial charge in [0.25, 0.3) is 5.91 Å². The van der Waals surface area contributed by atoms with Gasteiger partial charge >= 0.3 is 0 Å². The van der Waals surface area contributed by atoms with E-state index in [1.807, 2.05) is 19.1 Å². The van der Waals surface area contributed by atoms with Gasteiger partial charge in [0.05, 0.1) is 24.2 Å². The maximum Gasteiger partial charge on any atom is 0.253 e. The molecular weight excluding hydrogens is 334 g/mol. The van der Waals surface area contributed by atoms with Crippen molar-refractivity contribution in [1.82, 2.24) is 24.6 Å². The van der Waals surface area contributed by atoms with Crippen molar-refractivity contribution in [3.63, 3.8) is 0 Å². The summed E-state index contributed by atoms with van der Waals surface area (Å²) in [6.45, 7) is 4.17. The number of amides is 1. The second-order valence-corrected chi connectivity index (χ2v) is 6.13. The molecule has 0 bridgehead atoms. The van der Waals surface area contributed by atoms with Gasteiger partial charge in [-0.25, -0.2) is 4.98 Å². The Morgan fingerprint density at radius 1 is 1.19 bits per heavy atom. The molecule has 138 valence electrons. The molecular formula is C18H23N5O3. The Hall–Kier alpha value is -2.58. The van der Waals surface area contributed by atoms with Crippen molar-refractivity contribution < 1.29 is 14.3 Å². The van der Waals surface area contributed by atoms with Crippen LogP contribution in [0.4, 0.5) is 0 Å². The molecule has 26 heavy (non-hydrogen) atoms. The van der Waals surface area contributed by atoms with Crippen molar-refractivity contribution >= 4 is 28.0 Å². The van der Waals surface area contributed by atoms with Gasteiger partial charge in [-0.1, -0.05) is 0 Å². The molecule has 8 heteroatoms. The monoisotopic (exact) mass is 357 g/mol. The van der Waals surface area contributed by atoms with Crippen LogP contribution in [-0.2, 0) is 16.0 Å². The highest BCUT2D eigenvalue weighted by Gasteiger charge is 2.17. The molecule has 0 atom stereocenters. The van der Waals surface area contributed by atoms with Gasteiger partial charge in [0.15, 0.2) is 0 Å². The average Bonchev–Trinajstić information content (AvgIpc) is 2.98. The first-order chi connectivity index (χ1) is 12.6. The fraction of sp³-hybridized carbons (Fsp3) is 0.444. The molecule has 2 aromatic heterocycles. The Morgan fingerprint density at radius 2 is 1.96 bits per heavy atom. The van der Waals surface area contributed by atoms with Gasteiger partial charge in [-0.3, -0.25) is 4.79 Å². The summed E-state index contributed by atoms with van der Waals surface area (Å²) in [7, 11) is 5.05. The predicted octanol–water partition coefficient (Wildman–Crippen LogP) is 1.65. The third-order valence-electron chi connectivity index (χ3n) is 4.39. The van der Waals surface area contributed by atoms with Crippen LogP contribution in [0.25, 0.3) is 22.1 Å². The van der Waals surface area contributed by atoms with Gasteiger partial charge in [0.1, 0.15) is 5.82 Å². The molecule has 0 N–H and O–H groups in total. The number of methoxy groups -OCH3 is 2. The number of rotatable bonds is 7. The Balaban J connectivity index is 2.09. The van der Waals surface area contributed by atoms with Gasteiger partial charge in [-0.2, -0.15) is 0 Å². The third kappa shape index (κ3) is 3.38. The minimum absolute atomic E-state index is 0.0615. The second-order valence-electron chi connectivity index (χ2n) is 6.13. The van der Waals surface area contributed by atoms with Crippen LogP contribution in [0.1, 0.15) is 16.2 Å². The molecule has 1 amide bonds. The molecule has 0 spiro atoms. The average molecular weight is 357 g/mol. The minimum atomic E-state index is -0.0615. The van der Waals surface area contributed by atoms with Crippen LogP contribution in [0.15, 0.2) is 18.2 Å². The number of carbonyl (C=O) groups excluding carboxylic acids is 1. The molecule has 0 aliphatic rings. The lowest BCUT2D eigenvalue weighted by molar-refractivity contribution is 0.0744. The number of imidazole rings is 1. The molecule has 3 aromatic rings. The summed E-state index contributed by atoms with van der Waals surface area (Å²) in [5.74, 6) is 0.779. The van der Waals surface area contributed by atoms with Crippen LogP contribution in [0.5, 0.6) is 0 Å². The molecule has 0 aliphatic heterocycles. The molecule has 0 saturated carbocycles. The number of carbonyl (C=O) groups is 1. The van der Waals surface area contributed by atoms with E-state index in [4.69, 9.17) is 9.47 Å². The summed E-state index contributed by atoms with van der Waals surface area (Å²) >= 11 is 0. The van der Waals surface area contributed by atoms with Crippen LogP contribution in [-0.4, -0.2) is 71.6 Å². The van der Waals surface area contributed by atoms with Crippen molar-refractivity contribution in [2.75, 3.05) is 41.0 Å². The number of aromatic nitrogens is 4. The Kier molecular flexibility index (Phi) is 5.43. The SMILES string of the molecule is COCCN(C)C(=O)c1ccc2nnc3nc(C)n(CCOC)c3c2c1. The van der Waals surface area contributed by atoms with E-state index in [1.165, 1.54) is 0 Å². The lowest BCUT2D eigenvalue weighted by Gasteiger charge is -2.17. The Bertz CT molecular complexity index is 937. The second kappa shape index (κ2) is 7.76. The first-order valence-corrected chi connectivity index (χ1v) is 8.43. The zero-order chi connectivity index (χ0) is 18.7. The number of hydrogen-bond donors (Lipinski definition) is 0. The maximum atomic E-state index is 12.7. The fourth-order valence-corrected chi connectivity index (χ4v) is 2.94. The number of benzene rings is 1. The summed E-state index contributed by atoms with van der Waals surface area (Å²) in [5, 5.41) is 9.31. The fourth-order valence-electron chi connectivity index (χ4n) is 2.94. The molecule has 0 aliphatic carbocycles. The maximum absolute atomic E-state index is 12.7. The smallest absolute Gasteiger partial charge is 0.253 e.